The van der Waals surface area contributed by atoms with E-state index in [0.717, 1.165) is 16.8 Å². The molecule has 0 bridgehead atoms. The Labute approximate surface area is 200 Å². The van der Waals surface area contributed by atoms with E-state index in [9.17, 15) is 9.90 Å². The lowest BCUT2D eigenvalue weighted by atomic mass is 10.1. The van der Waals surface area contributed by atoms with Crippen LogP contribution in [0.25, 0.3) is 22.4 Å². The summed E-state index contributed by atoms with van der Waals surface area (Å²) >= 11 is 0. The number of aliphatic hydroxyl groups is 1. The van der Waals surface area contributed by atoms with Crippen LogP contribution in [0.5, 0.6) is 0 Å². The molecule has 1 atom stereocenters. The number of aromatic amines is 1. The minimum atomic E-state index is -0.357. The van der Waals surface area contributed by atoms with Crippen molar-refractivity contribution in [2.45, 2.75) is 26.4 Å². The number of nitrogens with one attached hydrogen (secondary N) is 3. The predicted octanol–water partition coefficient (Wildman–Crippen LogP) is 3.99. The third kappa shape index (κ3) is 4.51. The van der Waals surface area contributed by atoms with Crippen molar-refractivity contribution in [1.82, 2.24) is 24.9 Å². The van der Waals surface area contributed by atoms with Gasteiger partial charge >= 0.3 is 0 Å². The minimum absolute atomic E-state index is 0.115. The van der Waals surface area contributed by atoms with Crippen LogP contribution in [0.1, 0.15) is 24.4 Å². The molecule has 0 unspecified atom stereocenters. The normalized spacial score (nSPS) is 12.1. The maximum atomic E-state index is 12.1. The number of benzene rings is 2. The summed E-state index contributed by atoms with van der Waals surface area (Å²) in [5.41, 5.74) is 3.69. The van der Waals surface area contributed by atoms with E-state index in [-0.39, 0.29) is 18.2 Å². The molecule has 0 aliphatic rings. The Morgan fingerprint density at radius 1 is 1.17 bits per heavy atom. The number of aromatic nitrogens is 5. The van der Waals surface area contributed by atoms with Gasteiger partial charge in [-0.2, -0.15) is 4.98 Å². The van der Waals surface area contributed by atoms with Crippen molar-refractivity contribution in [3.05, 3.63) is 82.5 Å². The number of hydrogen-bond acceptors (Lipinski definition) is 8. The highest BCUT2D eigenvalue weighted by molar-refractivity contribution is 5.83. The van der Waals surface area contributed by atoms with Gasteiger partial charge in [0.25, 0.3) is 11.4 Å². The average Bonchev–Trinajstić information content (AvgIpc) is 3.45. The number of hydrogen-bond donors (Lipinski definition) is 4. The lowest BCUT2D eigenvalue weighted by Crippen LogP contribution is -2.15. The topological polar surface area (TPSA) is 134 Å². The molecular formula is C25H25N7O3. The summed E-state index contributed by atoms with van der Waals surface area (Å²) in [4.78, 5) is 21.0. The van der Waals surface area contributed by atoms with E-state index >= 15 is 0 Å². The molecule has 5 rings (SSSR count). The van der Waals surface area contributed by atoms with Crippen molar-refractivity contribution >= 4 is 28.1 Å². The summed E-state index contributed by atoms with van der Waals surface area (Å²) in [6, 6.07) is 16.7. The van der Waals surface area contributed by atoms with E-state index < -0.39 is 0 Å². The molecule has 0 fully saturated rings. The number of H-pyrrole nitrogens is 1. The molecule has 0 amide bonds. The molecule has 10 heteroatoms. The van der Waals surface area contributed by atoms with Crippen molar-refractivity contribution in [3.63, 3.8) is 0 Å². The van der Waals surface area contributed by atoms with E-state index in [0.29, 0.717) is 40.7 Å². The largest absolute Gasteiger partial charge is 0.394 e. The SMILES string of the molecule is CCn1[nH]c(=O)c2ccc(Nc3cc(N[C@H](CO)c4ccccc4)c(-c4nc(C)no4)cn3)cc21. The number of pyridine rings is 1. The first-order valence-electron chi connectivity index (χ1n) is 11.3. The maximum Gasteiger partial charge on any atom is 0.271 e. The molecule has 4 N–H and O–H groups in total. The van der Waals surface area contributed by atoms with Gasteiger partial charge in [0.05, 0.1) is 34.8 Å². The highest BCUT2D eigenvalue weighted by Crippen LogP contribution is 2.32. The zero-order valence-electron chi connectivity index (χ0n) is 19.3. The molecule has 0 radical (unpaired) electrons. The van der Waals surface area contributed by atoms with Crippen LogP contribution in [-0.4, -0.2) is 36.6 Å². The molecule has 0 aliphatic carbocycles. The average molecular weight is 472 g/mol. The second-order valence-electron chi connectivity index (χ2n) is 8.09. The summed E-state index contributed by atoms with van der Waals surface area (Å²) < 4.78 is 7.19. The van der Waals surface area contributed by atoms with Crippen LogP contribution in [0.2, 0.25) is 0 Å². The zero-order valence-corrected chi connectivity index (χ0v) is 19.3. The lowest BCUT2D eigenvalue weighted by molar-refractivity contribution is 0.276. The third-order valence-electron chi connectivity index (χ3n) is 5.73. The van der Waals surface area contributed by atoms with E-state index in [1.165, 1.54) is 0 Å². The van der Waals surface area contributed by atoms with Crippen LogP contribution in [0.3, 0.4) is 0 Å². The Kier molecular flexibility index (Phi) is 6.02. The Balaban J connectivity index is 1.51. The molecule has 0 aliphatic heterocycles. The first kappa shape index (κ1) is 22.4. The Morgan fingerprint density at radius 2 is 2.00 bits per heavy atom. The minimum Gasteiger partial charge on any atom is -0.394 e. The summed E-state index contributed by atoms with van der Waals surface area (Å²) in [7, 11) is 0. The van der Waals surface area contributed by atoms with Gasteiger partial charge in [0.15, 0.2) is 5.82 Å². The van der Waals surface area contributed by atoms with E-state index in [4.69, 9.17) is 4.52 Å². The quantitative estimate of drug-likeness (QED) is 0.267. The molecule has 0 spiro atoms. The summed E-state index contributed by atoms with van der Waals surface area (Å²) in [5, 5.41) is 24.1. The molecule has 0 saturated heterocycles. The molecule has 35 heavy (non-hydrogen) atoms. The number of anilines is 3. The van der Waals surface area contributed by atoms with Gasteiger partial charge in [-0.15, -0.1) is 0 Å². The molecule has 5 aromatic rings. The van der Waals surface area contributed by atoms with E-state index in [1.807, 2.05) is 55.5 Å². The number of rotatable bonds is 8. The Hall–Kier alpha value is -4.44. The fourth-order valence-corrected chi connectivity index (χ4v) is 3.99. The molecule has 2 aromatic carbocycles. The van der Waals surface area contributed by atoms with Gasteiger partial charge in [-0.3, -0.25) is 14.6 Å². The predicted molar refractivity (Wildman–Crippen MR) is 134 cm³/mol. The van der Waals surface area contributed by atoms with Crippen molar-refractivity contribution in [2.75, 3.05) is 17.2 Å². The van der Waals surface area contributed by atoms with Crippen LogP contribution in [-0.2, 0) is 6.54 Å². The molecule has 178 valence electrons. The highest BCUT2D eigenvalue weighted by atomic mass is 16.5. The summed E-state index contributed by atoms with van der Waals surface area (Å²) in [6.45, 7) is 4.25. The number of aryl methyl sites for hydroxylation is 2. The van der Waals surface area contributed by atoms with Gasteiger partial charge < -0.3 is 20.3 Å². The second kappa shape index (κ2) is 9.43. The molecular weight excluding hydrogens is 446 g/mol. The number of nitrogens with zero attached hydrogens (tertiary/aromatic N) is 4. The third-order valence-corrected chi connectivity index (χ3v) is 5.73. The van der Waals surface area contributed by atoms with Crippen molar-refractivity contribution in [3.8, 4) is 11.5 Å². The maximum absolute atomic E-state index is 12.1. The molecule has 0 saturated carbocycles. The van der Waals surface area contributed by atoms with Crippen LogP contribution < -0.4 is 16.2 Å². The van der Waals surface area contributed by atoms with Gasteiger partial charge in [0.1, 0.15) is 5.82 Å². The first-order valence-corrected chi connectivity index (χ1v) is 11.3. The standard InChI is InChI=1S/C25H25N7O3/c1-3-32-22-11-17(9-10-18(22)24(34)30-32)28-23-12-20(19(13-26-23)25-27-15(2)31-35-25)29-21(14-33)16-7-5-4-6-8-16/h4-13,21,33H,3,14H2,1-2H3,(H,30,34)(H2,26,28,29)/t21-/m1/s1. The summed E-state index contributed by atoms with van der Waals surface area (Å²) in [6.07, 6.45) is 1.65. The highest BCUT2D eigenvalue weighted by Gasteiger charge is 2.18. The van der Waals surface area contributed by atoms with Crippen molar-refractivity contribution < 1.29 is 9.63 Å². The number of fused-ring (bicyclic) bond motifs is 1. The first-order chi connectivity index (χ1) is 17.1. The fraction of sp³-hybridized carbons (Fsp3) is 0.200. The van der Waals surface area contributed by atoms with Crippen LogP contribution in [0.4, 0.5) is 17.2 Å². The fourth-order valence-electron chi connectivity index (χ4n) is 3.99. The van der Waals surface area contributed by atoms with E-state index in [1.54, 1.807) is 23.9 Å². The van der Waals surface area contributed by atoms with Gasteiger partial charge in [-0.05, 0) is 37.6 Å². The van der Waals surface area contributed by atoms with Gasteiger partial charge in [-0.25, -0.2) is 4.98 Å². The van der Waals surface area contributed by atoms with Gasteiger partial charge in [-0.1, -0.05) is 35.5 Å². The van der Waals surface area contributed by atoms with E-state index in [2.05, 4.69) is 30.9 Å². The summed E-state index contributed by atoms with van der Waals surface area (Å²) in [5.74, 6) is 1.41. The monoisotopic (exact) mass is 471 g/mol. The molecule has 10 nitrogen and oxygen atoms in total. The van der Waals surface area contributed by atoms with Crippen LogP contribution in [0.15, 0.2) is 70.1 Å². The van der Waals surface area contributed by atoms with Gasteiger partial charge in [0, 0.05) is 24.5 Å². The smallest absolute Gasteiger partial charge is 0.271 e. The lowest BCUT2D eigenvalue weighted by Gasteiger charge is -2.20. The zero-order chi connectivity index (χ0) is 24.4. The molecule has 3 heterocycles. The van der Waals surface area contributed by atoms with Crippen molar-refractivity contribution in [2.24, 2.45) is 0 Å². The van der Waals surface area contributed by atoms with Crippen molar-refractivity contribution in [1.29, 1.82) is 0 Å². The Morgan fingerprint density at radius 3 is 2.71 bits per heavy atom. The van der Waals surface area contributed by atoms with Gasteiger partial charge in [0.2, 0.25) is 0 Å². The Bertz CT molecular complexity index is 1520. The molecule has 3 aromatic heterocycles. The second-order valence-corrected chi connectivity index (χ2v) is 8.09. The number of aliphatic hydroxyl groups excluding tert-OH is 1. The van der Waals surface area contributed by atoms with Crippen LogP contribution in [0, 0.1) is 6.92 Å². The van der Waals surface area contributed by atoms with Crippen LogP contribution >= 0.6 is 0 Å².